The molecule has 0 aliphatic carbocycles. The minimum absolute atomic E-state index is 0.0189. The molecule has 0 fully saturated rings. The number of carbonyl (C=O) groups excluding carboxylic acids is 4. The van der Waals surface area contributed by atoms with Crippen LogP contribution in [0, 0.1) is 0 Å². The number of hydrogen-bond donors (Lipinski definition) is 1. The predicted octanol–water partition coefficient (Wildman–Crippen LogP) is 2.41. The van der Waals surface area contributed by atoms with Gasteiger partial charge in [-0.3, -0.25) is 24.1 Å². The van der Waals surface area contributed by atoms with Crippen molar-refractivity contribution in [2.75, 3.05) is 11.9 Å². The van der Waals surface area contributed by atoms with Gasteiger partial charge in [-0.1, -0.05) is 12.1 Å². The van der Waals surface area contributed by atoms with Gasteiger partial charge in [0, 0.05) is 25.1 Å². The number of imide groups is 1. The second kappa shape index (κ2) is 8.89. The fraction of sp³-hybridized carbons (Fsp3) is 0.381. The van der Waals surface area contributed by atoms with E-state index in [1.807, 2.05) is 13.8 Å². The van der Waals surface area contributed by atoms with Crippen LogP contribution in [0.15, 0.2) is 36.5 Å². The first-order valence-electron chi connectivity index (χ1n) is 9.78. The minimum atomic E-state index is -0.993. The summed E-state index contributed by atoms with van der Waals surface area (Å²) < 4.78 is 6.82. The Morgan fingerprint density at radius 2 is 1.70 bits per heavy atom. The first-order valence-corrected chi connectivity index (χ1v) is 9.78. The average Bonchev–Trinajstić information content (AvgIpc) is 3.27. The second-order valence-electron chi connectivity index (χ2n) is 7.29. The molecule has 0 spiro atoms. The Morgan fingerprint density at radius 1 is 1.07 bits per heavy atom. The Morgan fingerprint density at radius 3 is 2.30 bits per heavy atom. The van der Waals surface area contributed by atoms with Gasteiger partial charge in [-0.2, -0.15) is 5.10 Å². The van der Waals surface area contributed by atoms with Gasteiger partial charge < -0.3 is 10.1 Å². The van der Waals surface area contributed by atoms with E-state index in [1.165, 1.54) is 6.92 Å². The number of carbonyl (C=O) groups is 4. The van der Waals surface area contributed by atoms with Gasteiger partial charge in [-0.15, -0.1) is 0 Å². The fourth-order valence-electron chi connectivity index (χ4n) is 3.19. The van der Waals surface area contributed by atoms with Crippen LogP contribution in [0.25, 0.3) is 0 Å². The summed E-state index contributed by atoms with van der Waals surface area (Å²) in [6.45, 7) is 5.45. The van der Waals surface area contributed by atoms with Crippen LogP contribution in [-0.4, -0.2) is 51.0 Å². The lowest BCUT2D eigenvalue weighted by Crippen LogP contribution is -2.32. The lowest BCUT2D eigenvalue weighted by atomic mass is 10.1. The van der Waals surface area contributed by atoms with Crippen LogP contribution in [0.4, 0.5) is 5.82 Å². The molecule has 1 aromatic carbocycles. The standard InChI is InChI=1S/C21H24N4O5/c1-13(2)25-17(10-11-22-25)23-19(27)14(3)30-18(26)9-6-12-24-20(28)15-7-4-5-8-16(15)21(24)29/h4-5,7-8,10-11,13-14H,6,9,12H2,1-3H3,(H,23,27). The Kier molecular flexibility index (Phi) is 6.29. The summed E-state index contributed by atoms with van der Waals surface area (Å²) in [5.41, 5.74) is 0.743. The minimum Gasteiger partial charge on any atom is -0.453 e. The molecule has 1 unspecified atom stereocenters. The van der Waals surface area contributed by atoms with Gasteiger partial charge in [0.2, 0.25) is 0 Å². The molecule has 0 bridgehead atoms. The zero-order chi connectivity index (χ0) is 21.8. The van der Waals surface area contributed by atoms with Gasteiger partial charge in [0.1, 0.15) is 5.82 Å². The molecule has 3 amide bonds. The highest BCUT2D eigenvalue weighted by Gasteiger charge is 2.34. The molecule has 9 heteroatoms. The van der Waals surface area contributed by atoms with E-state index in [1.54, 1.807) is 41.2 Å². The molecule has 158 valence electrons. The first kappa shape index (κ1) is 21.2. The van der Waals surface area contributed by atoms with Crippen molar-refractivity contribution in [2.24, 2.45) is 0 Å². The molecule has 1 N–H and O–H groups in total. The van der Waals surface area contributed by atoms with E-state index in [4.69, 9.17) is 4.74 Å². The molecule has 1 atom stereocenters. The highest BCUT2D eigenvalue weighted by atomic mass is 16.5. The van der Waals surface area contributed by atoms with Crippen molar-refractivity contribution in [1.82, 2.24) is 14.7 Å². The molecule has 1 aliphatic heterocycles. The summed E-state index contributed by atoms with van der Waals surface area (Å²) in [6.07, 6.45) is 0.812. The molecule has 30 heavy (non-hydrogen) atoms. The molecule has 2 heterocycles. The van der Waals surface area contributed by atoms with Gasteiger partial charge in [-0.25, -0.2) is 4.68 Å². The molecule has 3 rings (SSSR count). The van der Waals surface area contributed by atoms with Crippen molar-refractivity contribution in [2.45, 2.75) is 45.8 Å². The molecule has 0 radical (unpaired) electrons. The lowest BCUT2D eigenvalue weighted by Gasteiger charge is -2.16. The van der Waals surface area contributed by atoms with Crippen LogP contribution >= 0.6 is 0 Å². The Balaban J connectivity index is 1.46. The van der Waals surface area contributed by atoms with Crippen molar-refractivity contribution in [1.29, 1.82) is 0 Å². The normalized spacial score (nSPS) is 14.1. The van der Waals surface area contributed by atoms with Crippen molar-refractivity contribution in [3.8, 4) is 0 Å². The van der Waals surface area contributed by atoms with Crippen LogP contribution < -0.4 is 5.32 Å². The quantitative estimate of drug-likeness (QED) is 0.527. The summed E-state index contributed by atoms with van der Waals surface area (Å²) in [5, 5.41) is 6.82. The number of benzene rings is 1. The van der Waals surface area contributed by atoms with E-state index >= 15 is 0 Å². The van der Waals surface area contributed by atoms with Crippen LogP contribution in [0.2, 0.25) is 0 Å². The van der Waals surface area contributed by atoms with Crippen LogP contribution in [0.1, 0.15) is 60.4 Å². The zero-order valence-electron chi connectivity index (χ0n) is 17.1. The van der Waals surface area contributed by atoms with Gasteiger partial charge >= 0.3 is 5.97 Å². The van der Waals surface area contributed by atoms with E-state index in [9.17, 15) is 19.2 Å². The molecule has 1 aliphatic rings. The predicted molar refractivity (Wildman–Crippen MR) is 108 cm³/mol. The number of hydrogen-bond acceptors (Lipinski definition) is 6. The first-order chi connectivity index (χ1) is 14.3. The van der Waals surface area contributed by atoms with Gasteiger partial charge in [0.15, 0.2) is 6.10 Å². The van der Waals surface area contributed by atoms with E-state index in [-0.39, 0.29) is 37.2 Å². The lowest BCUT2D eigenvalue weighted by molar-refractivity contribution is -0.153. The van der Waals surface area contributed by atoms with Gasteiger partial charge in [0.05, 0.1) is 17.3 Å². The second-order valence-corrected chi connectivity index (χ2v) is 7.29. The Bertz CT molecular complexity index is 946. The van der Waals surface area contributed by atoms with Crippen molar-refractivity contribution in [3.05, 3.63) is 47.7 Å². The van der Waals surface area contributed by atoms with E-state index in [0.29, 0.717) is 16.9 Å². The molecular formula is C21H24N4O5. The Labute approximate surface area is 174 Å². The van der Waals surface area contributed by atoms with E-state index < -0.39 is 18.0 Å². The smallest absolute Gasteiger partial charge is 0.306 e. The number of nitrogens with one attached hydrogen (secondary N) is 1. The Hall–Kier alpha value is -3.49. The number of ether oxygens (including phenoxy) is 1. The monoisotopic (exact) mass is 412 g/mol. The van der Waals surface area contributed by atoms with Crippen LogP contribution in [0.5, 0.6) is 0 Å². The number of rotatable bonds is 8. The fourth-order valence-corrected chi connectivity index (χ4v) is 3.19. The van der Waals surface area contributed by atoms with Gasteiger partial charge in [0.25, 0.3) is 17.7 Å². The van der Waals surface area contributed by atoms with Crippen molar-refractivity contribution < 1.29 is 23.9 Å². The van der Waals surface area contributed by atoms with E-state index in [0.717, 1.165) is 4.90 Å². The number of anilines is 1. The topological polar surface area (TPSA) is 111 Å². The summed E-state index contributed by atoms with van der Waals surface area (Å²) in [6, 6.07) is 8.34. The summed E-state index contributed by atoms with van der Waals surface area (Å²) in [7, 11) is 0. The molecule has 1 aromatic heterocycles. The third kappa shape index (κ3) is 4.40. The molecule has 2 aromatic rings. The van der Waals surface area contributed by atoms with Crippen molar-refractivity contribution in [3.63, 3.8) is 0 Å². The SMILES string of the molecule is CC(OC(=O)CCCN1C(=O)c2ccccc2C1=O)C(=O)Nc1ccnn1C(C)C. The summed E-state index contributed by atoms with van der Waals surface area (Å²) in [5.74, 6) is -1.25. The summed E-state index contributed by atoms with van der Waals surface area (Å²) >= 11 is 0. The maximum absolute atomic E-state index is 12.3. The zero-order valence-corrected chi connectivity index (χ0v) is 17.1. The van der Waals surface area contributed by atoms with E-state index in [2.05, 4.69) is 10.4 Å². The number of amides is 3. The number of aromatic nitrogens is 2. The molecule has 0 saturated carbocycles. The molecular weight excluding hydrogens is 388 g/mol. The molecule has 9 nitrogen and oxygen atoms in total. The highest BCUT2D eigenvalue weighted by Crippen LogP contribution is 2.22. The van der Waals surface area contributed by atoms with Gasteiger partial charge in [-0.05, 0) is 39.3 Å². The largest absolute Gasteiger partial charge is 0.453 e. The maximum atomic E-state index is 12.3. The maximum Gasteiger partial charge on any atom is 0.306 e. The number of fused-ring (bicyclic) bond motifs is 1. The average molecular weight is 412 g/mol. The highest BCUT2D eigenvalue weighted by molar-refractivity contribution is 6.21. The molecule has 0 saturated heterocycles. The third-order valence-corrected chi connectivity index (χ3v) is 4.73. The number of nitrogens with zero attached hydrogens (tertiary/aromatic N) is 3. The van der Waals surface area contributed by atoms with Crippen molar-refractivity contribution >= 4 is 29.5 Å². The van der Waals surface area contributed by atoms with Crippen LogP contribution in [0.3, 0.4) is 0 Å². The third-order valence-electron chi connectivity index (χ3n) is 4.73. The van der Waals surface area contributed by atoms with Crippen LogP contribution in [-0.2, 0) is 14.3 Å². The number of esters is 1. The summed E-state index contributed by atoms with van der Waals surface area (Å²) in [4.78, 5) is 50.1.